The normalized spacial score (nSPS) is 33.2. The summed E-state index contributed by atoms with van der Waals surface area (Å²) >= 11 is 0. The second kappa shape index (κ2) is 4.25. The second-order valence-corrected chi connectivity index (χ2v) is 6.11. The van der Waals surface area contributed by atoms with Gasteiger partial charge in [-0.25, -0.2) is 0 Å². The van der Waals surface area contributed by atoms with Crippen LogP contribution in [0.15, 0.2) is 0 Å². The molecule has 0 bridgehead atoms. The van der Waals surface area contributed by atoms with Gasteiger partial charge in [0.1, 0.15) is 0 Å². The van der Waals surface area contributed by atoms with Gasteiger partial charge in [0.15, 0.2) is 0 Å². The predicted octanol–water partition coefficient (Wildman–Crippen LogP) is 1.89. The van der Waals surface area contributed by atoms with Crippen molar-refractivity contribution in [3.63, 3.8) is 0 Å². The van der Waals surface area contributed by atoms with Crippen LogP contribution in [0.1, 0.15) is 47.5 Å². The number of hydrogen-bond donors (Lipinski definition) is 1. The Hall–Kier alpha value is -0.610. The number of carbonyl (C=O) groups is 1. The standard InChI is InChI=1S/C13H24O4/c1-11(2)9(10(14)16-6)7-8-13(5,17-11)12(3,4)15/h9,15H,7-8H2,1-6H3/t9-,13-/m0/s1. The van der Waals surface area contributed by atoms with Crippen molar-refractivity contribution < 1.29 is 19.4 Å². The summed E-state index contributed by atoms with van der Waals surface area (Å²) in [6, 6.07) is 0. The zero-order valence-corrected chi connectivity index (χ0v) is 11.7. The van der Waals surface area contributed by atoms with Crippen LogP contribution in [-0.4, -0.2) is 35.0 Å². The first-order valence-corrected chi connectivity index (χ1v) is 6.04. The molecule has 100 valence electrons. The molecule has 1 saturated heterocycles. The molecule has 0 unspecified atom stereocenters. The molecule has 1 fully saturated rings. The van der Waals surface area contributed by atoms with Gasteiger partial charge in [0.25, 0.3) is 0 Å². The van der Waals surface area contributed by atoms with E-state index in [0.717, 1.165) is 0 Å². The summed E-state index contributed by atoms with van der Waals surface area (Å²) < 4.78 is 10.8. The van der Waals surface area contributed by atoms with Gasteiger partial charge in [-0.2, -0.15) is 0 Å². The highest BCUT2D eigenvalue weighted by atomic mass is 16.6. The quantitative estimate of drug-likeness (QED) is 0.754. The molecule has 0 radical (unpaired) electrons. The highest BCUT2D eigenvalue weighted by molar-refractivity contribution is 5.73. The minimum Gasteiger partial charge on any atom is -0.469 e. The number of rotatable bonds is 2. The summed E-state index contributed by atoms with van der Waals surface area (Å²) in [4.78, 5) is 11.7. The van der Waals surface area contributed by atoms with Gasteiger partial charge in [-0.05, 0) is 47.5 Å². The molecule has 1 heterocycles. The lowest BCUT2D eigenvalue weighted by Crippen LogP contribution is -2.60. The molecule has 1 aliphatic heterocycles. The number of hydrogen-bond acceptors (Lipinski definition) is 4. The Balaban J connectivity index is 2.93. The molecular formula is C13H24O4. The molecule has 0 aromatic heterocycles. The fourth-order valence-electron chi connectivity index (χ4n) is 2.44. The lowest BCUT2D eigenvalue weighted by atomic mass is 9.73. The molecule has 17 heavy (non-hydrogen) atoms. The Bertz CT molecular complexity index is 303. The second-order valence-electron chi connectivity index (χ2n) is 6.11. The zero-order valence-electron chi connectivity index (χ0n) is 11.7. The summed E-state index contributed by atoms with van der Waals surface area (Å²) in [5, 5.41) is 10.2. The zero-order chi connectivity index (χ0) is 13.5. The van der Waals surface area contributed by atoms with Gasteiger partial charge in [0.2, 0.25) is 0 Å². The number of carbonyl (C=O) groups excluding carboxylic acids is 1. The molecular weight excluding hydrogens is 220 g/mol. The summed E-state index contributed by atoms with van der Waals surface area (Å²) in [6.45, 7) is 9.11. The molecule has 4 heteroatoms. The number of ether oxygens (including phenoxy) is 2. The lowest BCUT2D eigenvalue weighted by molar-refractivity contribution is -0.255. The predicted molar refractivity (Wildman–Crippen MR) is 64.6 cm³/mol. The van der Waals surface area contributed by atoms with Crippen LogP contribution in [0.25, 0.3) is 0 Å². The van der Waals surface area contributed by atoms with Crippen LogP contribution in [0.4, 0.5) is 0 Å². The van der Waals surface area contributed by atoms with Crippen LogP contribution in [0.3, 0.4) is 0 Å². The molecule has 0 aromatic rings. The Kier molecular flexibility index (Phi) is 3.61. The van der Waals surface area contributed by atoms with Gasteiger partial charge in [0, 0.05) is 0 Å². The van der Waals surface area contributed by atoms with E-state index in [1.807, 2.05) is 20.8 Å². The molecule has 0 saturated carbocycles. The summed E-state index contributed by atoms with van der Waals surface area (Å²) in [5.41, 5.74) is -2.20. The molecule has 1 N–H and O–H groups in total. The van der Waals surface area contributed by atoms with Crippen LogP contribution in [-0.2, 0) is 14.3 Å². The van der Waals surface area contributed by atoms with E-state index in [1.54, 1.807) is 13.8 Å². The molecule has 2 atom stereocenters. The number of esters is 1. The highest BCUT2D eigenvalue weighted by Gasteiger charge is 2.52. The van der Waals surface area contributed by atoms with Gasteiger partial charge < -0.3 is 14.6 Å². The maximum Gasteiger partial charge on any atom is 0.311 e. The van der Waals surface area contributed by atoms with Gasteiger partial charge >= 0.3 is 5.97 Å². The molecule has 1 rings (SSSR count). The molecule has 0 aromatic carbocycles. The largest absolute Gasteiger partial charge is 0.469 e. The first kappa shape index (κ1) is 14.5. The third kappa shape index (κ3) is 2.63. The molecule has 0 spiro atoms. The fourth-order valence-corrected chi connectivity index (χ4v) is 2.44. The lowest BCUT2D eigenvalue weighted by Gasteiger charge is -2.51. The van der Waals surface area contributed by atoms with Crippen LogP contribution in [0.5, 0.6) is 0 Å². The van der Waals surface area contributed by atoms with Crippen molar-refractivity contribution in [3.05, 3.63) is 0 Å². The first-order chi connectivity index (χ1) is 7.53. The van der Waals surface area contributed by atoms with E-state index < -0.39 is 16.8 Å². The van der Waals surface area contributed by atoms with Crippen molar-refractivity contribution in [1.82, 2.24) is 0 Å². The van der Waals surface area contributed by atoms with Gasteiger partial charge in [0.05, 0.1) is 29.8 Å². The summed E-state index contributed by atoms with van der Waals surface area (Å²) in [6.07, 6.45) is 1.31. The third-order valence-corrected chi connectivity index (χ3v) is 4.02. The Morgan fingerprint density at radius 1 is 1.41 bits per heavy atom. The van der Waals surface area contributed by atoms with Crippen molar-refractivity contribution in [3.8, 4) is 0 Å². The van der Waals surface area contributed by atoms with Gasteiger partial charge in [-0.1, -0.05) is 0 Å². The van der Waals surface area contributed by atoms with E-state index in [4.69, 9.17) is 9.47 Å². The van der Waals surface area contributed by atoms with E-state index in [0.29, 0.717) is 12.8 Å². The van der Waals surface area contributed by atoms with Crippen molar-refractivity contribution in [2.75, 3.05) is 7.11 Å². The average molecular weight is 244 g/mol. The Morgan fingerprint density at radius 3 is 2.29 bits per heavy atom. The maximum atomic E-state index is 11.7. The van der Waals surface area contributed by atoms with E-state index >= 15 is 0 Å². The van der Waals surface area contributed by atoms with Crippen molar-refractivity contribution in [2.24, 2.45) is 5.92 Å². The smallest absolute Gasteiger partial charge is 0.311 e. The SMILES string of the molecule is COC(=O)[C@@H]1CC[C@@](C)(C(C)(C)O)OC1(C)C. The number of aliphatic hydroxyl groups is 1. The van der Waals surface area contributed by atoms with Crippen LogP contribution in [0, 0.1) is 5.92 Å². The molecule has 4 nitrogen and oxygen atoms in total. The topological polar surface area (TPSA) is 55.8 Å². The van der Waals surface area contributed by atoms with Crippen molar-refractivity contribution in [1.29, 1.82) is 0 Å². The van der Waals surface area contributed by atoms with Crippen molar-refractivity contribution in [2.45, 2.75) is 64.3 Å². The monoisotopic (exact) mass is 244 g/mol. The molecule has 0 aliphatic carbocycles. The van der Waals surface area contributed by atoms with Crippen LogP contribution in [0.2, 0.25) is 0 Å². The van der Waals surface area contributed by atoms with Crippen molar-refractivity contribution >= 4 is 5.97 Å². The summed E-state index contributed by atoms with van der Waals surface area (Å²) in [5.74, 6) is -0.518. The first-order valence-electron chi connectivity index (χ1n) is 6.04. The van der Waals surface area contributed by atoms with E-state index in [-0.39, 0.29) is 11.9 Å². The van der Waals surface area contributed by atoms with Gasteiger partial charge in [-0.15, -0.1) is 0 Å². The minimum absolute atomic E-state index is 0.243. The fraction of sp³-hybridized carbons (Fsp3) is 0.923. The Morgan fingerprint density at radius 2 is 1.94 bits per heavy atom. The van der Waals surface area contributed by atoms with E-state index in [2.05, 4.69) is 0 Å². The summed E-state index contributed by atoms with van der Waals surface area (Å²) in [7, 11) is 1.39. The Labute approximate surface area is 103 Å². The van der Waals surface area contributed by atoms with E-state index in [1.165, 1.54) is 7.11 Å². The minimum atomic E-state index is -0.939. The molecule has 0 amide bonds. The van der Waals surface area contributed by atoms with E-state index in [9.17, 15) is 9.90 Å². The number of methoxy groups -OCH3 is 1. The molecule has 1 aliphatic rings. The maximum absolute atomic E-state index is 11.7. The highest BCUT2D eigenvalue weighted by Crippen LogP contribution is 2.44. The van der Waals surface area contributed by atoms with Gasteiger partial charge in [-0.3, -0.25) is 4.79 Å². The third-order valence-electron chi connectivity index (χ3n) is 4.02. The van der Waals surface area contributed by atoms with Crippen LogP contribution < -0.4 is 0 Å². The van der Waals surface area contributed by atoms with Crippen LogP contribution >= 0.6 is 0 Å². The average Bonchev–Trinajstić information content (AvgIpc) is 2.13.